The molecule has 98 valence electrons. The summed E-state index contributed by atoms with van der Waals surface area (Å²) >= 11 is 0. The van der Waals surface area contributed by atoms with Crippen LogP contribution >= 0.6 is 0 Å². The topological polar surface area (TPSA) is 12.0 Å². The molecule has 0 aliphatic carbocycles. The van der Waals surface area contributed by atoms with Crippen molar-refractivity contribution in [2.45, 2.75) is 13.0 Å². The Balaban J connectivity index is 2.20. The van der Waals surface area contributed by atoms with Crippen molar-refractivity contribution in [1.29, 1.82) is 0 Å². The monoisotopic (exact) mass is 263 g/mol. The van der Waals surface area contributed by atoms with Crippen molar-refractivity contribution in [3.63, 3.8) is 0 Å². The number of hydrogen-bond donors (Lipinski definition) is 1. The minimum absolute atomic E-state index is 0.123. The minimum atomic E-state index is -1.41. The Morgan fingerprint density at radius 1 is 0.895 bits per heavy atom. The van der Waals surface area contributed by atoms with Gasteiger partial charge in [0.05, 0.1) is 0 Å². The fourth-order valence-corrected chi connectivity index (χ4v) is 2.52. The zero-order chi connectivity index (χ0) is 13.4. The first-order valence-electron chi connectivity index (χ1n) is 6.14. The maximum Gasteiger partial charge on any atom is 0.195 e. The third-order valence-electron chi connectivity index (χ3n) is 3.47. The molecule has 0 unspecified atom stereocenters. The zero-order valence-corrected chi connectivity index (χ0v) is 10.1. The van der Waals surface area contributed by atoms with Crippen molar-refractivity contribution >= 4 is 0 Å². The van der Waals surface area contributed by atoms with Gasteiger partial charge in [-0.05, 0) is 41.8 Å². The highest BCUT2D eigenvalue weighted by atomic mass is 19.2. The summed E-state index contributed by atoms with van der Waals surface area (Å²) in [6, 6.07) is 7.78. The van der Waals surface area contributed by atoms with Crippen molar-refractivity contribution < 1.29 is 13.2 Å². The van der Waals surface area contributed by atoms with Crippen LogP contribution < -0.4 is 5.32 Å². The number of nitrogens with one attached hydrogen (secondary N) is 1. The Morgan fingerprint density at radius 2 is 1.74 bits per heavy atom. The average molecular weight is 263 g/mol. The van der Waals surface area contributed by atoms with E-state index < -0.39 is 17.5 Å². The molecule has 0 bridgehead atoms. The molecule has 1 nitrogen and oxygen atoms in total. The highest BCUT2D eigenvalue weighted by Gasteiger charge is 2.19. The second-order valence-electron chi connectivity index (χ2n) is 4.59. The molecule has 0 amide bonds. The Kier molecular flexibility index (Phi) is 3.03. The van der Waals surface area contributed by atoms with Gasteiger partial charge in [0.2, 0.25) is 0 Å². The van der Waals surface area contributed by atoms with Gasteiger partial charge in [0.15, 0.2) is 17.5 Å². The average Bonchev–Trinajstić information content (AvgIpc) is 2.45. The molecule has 1 N–H and O–H groups in total. The molecular formula is C15H12F3N. The van der Waals surface area contributed by atoms with E-state index in [1.54, 1.807) is 6.07 Å². The predicted molar refractivity (Wildman–Crippen MR) is 67.2 cm³/mol. The van der Waals surface area contributed by atoms with Crippen molar-refractivity contribution in [3.05, 3.63) is 58.9 Å². The summed E-state index contributed by atoms with van der Waals surface area (Å²) < 4.78 is 40.2. The number of hydrogen-bond acceptors (Lipinski definition) is 1. The molecular weight excluding hydrogens is 251 g/mol. The molecule has 0 spiro atoms. The SMILES string of the molecule is Fc1ccc(-c2cccc3c2CCNC3)c(F)c1F. The van der Waals surface area contributed by atoms with E-state index in [-0.39, 0.29) is 5.56 Å². The van der Waals surface area contributed by atoms with Crippen LogP contribution in [0.4, 0.5) is 13.2 Å². The van der Waals surface area contributed by atoms with Crippen LogP contribution in [0, 0.1) is 17.5 Å². The Hall–Kier alpha value is -1.81. The largest absolute Gasteiger partial charge is 0.312 e. The molecule has 0 saturated heterocycles. The smallest absolute Gasteiger partial charge is 0.195 e. The van der Waals surface area contributed by atoms with Crippen molar-refractivity contribution in [3.8, 4) is 11.1 Å². The second kappa shape index (κ2) is 4.70. The predicted octanol–water partition coefficient (Wildman–Crippen LogP) is 3.42. The van der Waals surface area contributed by atoms with Crippen molar-refractivity contribution in [1.82, 2.24) is 5.32 Å². The van der Waals surface area contributed by atoms with E-state index in [1.165, 1.54) is 6.07 Å². The standard InChI is InChI=1S/C15H12F3N/c16-13-5-4-12(14(17)15(13)18)11-3-1-2-9-8-19-7-6-10(9)11/h1-5,19H,6-8H2. The molecule has 0 fully saturated rings. The van der Waals surface area contributed by atoms with Gasteiger partial charge in [-0.2, -0.15) is 0 Å². The highest BCUT2D eigenvalue weighted by molar-refractivity contribution is 5.70. The van der Waals surface area contributed by atoms with Gasteiger partial charge in [-0.3, -0.25) is 0 Å². The molecule has 19 heavy (non-hydrogen) atoms. The second-order valence-corrected chi connectivity index (χ2v) is 4.59. The highest BCUT2D eigenvalue weighted by Crippen LogP contribution is 2.31. The maximum atomic E-state index is 13.9. The summed E-state index contributed by atoms with van der Waals surface area (Å²) in [4.78, 5) is 0. The molecule has 0 atom stereocenters. The Bertz CT molecular complexity index is 638. The van der Waals surface area contributed by atoms with Crippen LogP contribution in [0.5, 0.6) is 0 Å². The summed E-state index contributed by atoms with van der Waals surface area (Å²) in [5, 5.41) is 3.23. The quantitative estimate of drug-likeness (QED) is 0.777. The molecule has 0 saturated carbocycles. The van der Waals surface area contributed by atoms with Gasteiger partial charge in [-0.15, -0.1) is 0 Å². The lowest BCUT2D eigenvalue weighted by Gasteiger charge is -2.20. The Morgan fingerprint density at radius 3 is 2.58 bits per heavy atom. The Labute approximate surface area is 109 Å². The fourth-order valence-electron chi connectivity index (χ4n) is 2.52. The molecule has 4 heteroatoms. The number of fused-ring (bicyclic) bond motifs is 1. The lowest BCUT2D eigenvalue weighted by atomic mass is 9.91. The van der Waals surface area contributed by atoms with Crippen molar-refractivity contribution in [2.75, 3.05) is 6.54 Å². The number of benzene rings is 2. The number of rotatable bonds is 1. The molecule has 0 radical (unpaired) electrons. The first-order valence-corrected chi connectivity index (χ1v) is 6.14. The van der Waals surface area contributed by atoms with E-state index in [0.717, 1.165) is 30.2 Å². The van der Waals surface area contributed by atoms with Crippen LogP contribution in [0.1, 0.15) is 11.1 Å². The molecule has 3 rings (SSSR count). The lowest BCUT2D eigenvalue weighted by molar-refractivity contribution is 0.449. The summed E-state index contributed by atoms with van der Waals surface area (Å²) in [5.41, 5.74) is 2.85. The summed E-state index contributed by atoms with van der Waals surface area (Å²) in [6.07, 6.45) is 0.754. The van der Waals surface area contributed by atoms with Crippen LogP contribution in [-0.4, -0.2) is 6.54 Å². The normalized spacial score (nSPS) is 14.3. The van der Waals surface area contributed by atoms with E-state index >= 15 is 0 Å². The molecule has 0 aromatic heterocycles. The summed E-state index contributed by atoms with van der Waals surface area (Å²) in [7, 11) is 0. The molecule has 2 aromatic rings. The van der Waals surface area contributed by atoms with Gasteiger partial charge >= 0.3 is 0 Å². The van der Waals surface area contributed by atoms with Crippen LogP contribution in [0.2, 0.25) is 0 Å². The van der Waals surface area contributed by atoms with Gasteiger partial charge < -0.3 is 5.32 Å². The minimum Gasteiger partial charge on any atom is -0.312 e. The van der Waals surface area contributed by atoms with Gasteiger partial charge in [0.1, 0.15) is 0 Å². The number of halogens is 3. The lowest BCUT2D eigenvalue weighted by Crippen LogP contribution is -2.24. The summed E-state index contributed by atoms with van der Waals surface area (Å²) in [5.74, 6) is -3.69. The van der Waals surface area contributed by atoms with E-state index in [0.29, 0.717) is 12.1 Å². The van der Waals surface area contributed by atoms with E-state index in [1.807, 2.05) is 12.1 Å². The zero-order valence-electron chi connectivity index (χ0n) is 10.1. The molecule has 1 aliphatic heterocycles. The van der Waals surface area contributed by atoms with Crippen LogP contribution in [0.15, 0.2) is 30.3 Å². The van der Waals surface area contributed by atoms with Gasteiger partial charge in [-0.1, -0.05) is 18.2 Å². The van der Waals surface area contributed by atoms with Gasteiger partial charge in [-0.25, -0.2) is 13.2 Å². The molecule has 1 aliphatic rings. The summed E-state index contributed by atoms with van der Waals surface area (Å²) in [6.45, 7) is 1.52. The molecule has 1 heterocycles. The first kappa shape index (κ1) is 12.2. The van der Waals surface area contributed by atoms with Gasteiger partial charge in [0.25, 0.3) is 0 Å². The van der Waals surface area contributed by atoms with Gasteiger partial charge in [0, 0.05) is 12.1 Å². The molecule has 2 aromatic carbocycles. The van der Waals surface area contributed by atoms with Crippen LogP contribution in [-0.2, 0) is 13.0 Å². The van der Waals surface area contributed by atoms with E-state index in [2.05, 4.69) is 5.32 Å². The van der Waals surface area contributed by atoms with Crippen LogP contribution in [0.3, 0.4) is 0 Å². The maximum absolute atomic E-state index is 13.9. The van der Waals surface area contributed by atoms with Crippen molar-refractivity contribution in [2.24, 2.45) is 0 Å². The van der Waals surface area contributed by atoms with E-state index in [4.69, 9.17) is 0 Å². The third kappa shape index (κ3) is 2.02. The fraction of sp³-hybridized carbons (Fsp3) is 0.200. The van der Waals surface area contributed by atoms with Crippen LogP contribution in [0.25, 0.3) is 11.1 Å². The first-order chi connectivity index (χ1) is 9.18. The third-order valence-corrected chi connectivity index (χ3v) is 3.47. The van der Waals surface area contributed by atoms with E-state index in [9.17, 15) is 13.2 Å².